The van der Waals surface area contributed by atoms with Gasteiger partial charge < -0.3 is 25.0 Å². The molecule has 178 valence electrons. The van der Waals surface area contributed by atoms with Gasteiger partial charge in [-0.3, -0.25) is 9.59 Å². The quantitative estimate of drug-likeness (QED) is 0.684. The summed E-state index contributed by atoms with van der Waals surface area (Å²) in [6.07, 6.45) is 0.536. The first kappa shape index (κ1) is 22.4. The summed E-state index contributed by atoms with van der Waals surface area (Å²) >= 11 is 0. The van der Waals surface area contributed by atoms with Crippen molar-refractivity contribution >= 4 is 18.0 Å². The highest BCUT2D eigenvalue weighted by Gasteiger charge is 2.44. The Balaban J connectivity index is 1.27. The van der Waals surface area contributed by atoms with Crippen molar-refractivity contribution in [3.63, 3.8) is 0 Å². The third-order valence-electron chi connectivity index (χ3n) is 7.23. The third-order valence-corrected chi connectivity index (χ3v) is 7.23. The monoisotopic (exact) mass is 463 g/mol. The summed E-state index contributed by atoms with van der Waals surface area (Å²) in [5.41, 5.74) is 4.42. The molecule has 3 aliphatic rings. The van der Waals surface area contributed by atoms with Crippen LogP contribution in [0.4, 0.5) is 4.79 Å². The number of amides is 2. The Labute approximate surface area is 198 Å². The number of likely N-dealkylation sites (N-methyl/N-ethyl adjacent to an activating group) is 1. The van der Waals surface area contributed by atoms with E-state index in [9.17, 15) is 19.5 Å². The highest BCUT2D eigenvalue weighted by atomic mass is 16.5. The smallest absolute Gasteiger partial charge is 0.407 e. The molecule has 2 aliphatic heterocycles. The molecular formula is C26H29N3O5. The van der Waals surface area contributed by atoms with E-state index in [2.05, 4.69) is 22.3 Å². The van der Waals surface area contributed by atoms with Gasteiger partial charge in [0.15, 0.2) is 0 Å². The zero-order valence-corrected chi connectivity index (χ0v) is 19.1. The van der Waals surface area contributed by atoms with Crippen LogP contribution in [0.2, 0.25) is 0 Å². The fourth-order valence-electron chi connectivity index (χ4n) is 5.81. The number of aliphatic carboxylic acids is 1. The molecule has 3 unspecified atom stereocenters. The standard InChI is InChI=1S/C26H29N3O5/c1-28-13-16-10-11-17(14-28)29(16)25(32)23(12-24(30)31)27-26(33)34-15-22-20-8-4-2-6-18(20)19-7-3-5-9-21(19)22/h2-9,16-17,22-23H,10-15H2,1H3,(H,27,33)(H,30,31). The van der Waals surface area contributed by atoms with Crippen LogP contribution in [0.5, 0.6) is 0 Å². The maximum absolute atomic E-state index is 13.3. The van der Waals surface area contributed by atoms with Gasteiger partial charge in [-0.05, 0) is 42.1 Å². The number of carbonyl (C=O) groups is 3. The summed E-state index contributed by atoms with van der Waals surface area (Å²) in [5, 5.41) is 11.9. The Hall–Kier alpha value is -3.39. The summed E-state index contributed by atoms with van der Waals surface area (Å²) in [6.45, 7) is 1.62. The number of hydrogen-bond acceptors (Lipinski definition) is 5. The number of piperazine rings is 1. The second-order valence-electron chi connectivity index (χ2n) is 9.47. The molecule has 2 fully saturated rings. The topological polar surface area (TPSA) is 99.2 Å². The lowest BCUT2D eigenvalue weighted by molar-refractivity contribution is -0.145. The largest absolute Gasteiger partial charge is 0.481 e. The lowest BCUT2D eigenvalue weighted by Crippen LogP contribution is -2.59. The van der Waals surface area contributed by atoms with Crippen LogP contribution in [0.3, 0.4) is 0 Å². The van der Waals surface area contributed by atoms with Crippen molar-refractivity contribution in [2.75, 3.05) is 26.7 Å². The maximum atomic E-state index is 13.3. The maximum Gasteiger partial charge on any atom is 0.407 e. The molecule has 2 aromatic rings. The SMILES string of the molecule is CN1CC2CCC(C1)N2C(=O)C(CC(=O)O)NC(=O)OCC1c2ccccc2-c2ccccc21. The van der Waals surface area contributed by atoms with E-state index in [-0.39, 0.29) is 30.5 Å². The van der Waals surface area contributed by atoms with Crippen molar-refractivity contribution in [3.8, 4) is 11.1 Å². The number of carboxylic acids is 1. The van der Waals surface area contributed by atoms with Gasteiger partial charge in [-0.15, -0.1) is 0 Å². The molecule has 0 spiro atoms. The van der Waals surface area contributed by atoms with Gasteiger partial charge in [0.1, 0.15) is 12.6 Å². The number of hydrogen-bond donors (Lipinski definition) is 2. The Morgan fingerprint density at radius 2 is 1.56 bits per heavy atom. The summed E-state index contributed by atoms with van der Waals surface area (Å²) in [4.78, 5) is 41.5. The number of nitrogens with zero attached hydrogens (tertiary/aromatic N) is 2. The van der Waals surface area contributed by atoms with E-state index in [0.717, 1.165) is 48.2 Å². The second kappa shape index (κ2) is 9.10. The van der Waals surface area contributed by atoms with E-state index in [1.807, 2.05) is 43.4 Å². The van der Waals surface area contributed by atoms with Crippen LogP contribution in [0.15, 0.2) is 48.5 Å². The molecule has 2 heterocycles. The molecule has 2 amide bonds. The molecule has 1 aliphatic carbocycles. The molecule has 2 aromatic carbocycles. The van der Waals surface area contributed by atoms with Crippen molar-refractivity contribution in [2.24, 2.45) is 0 Å². The highest BCUT2D eigenvalue weighted by molar-refractivity contribution is 5.90. The molecule has 2 N–H and O–H groups in total. The molecule has 3 atom stereocenters. The number of carbonyl (C=O) groups excluding carboxylic acids is 2. The lowest BCUT2D eigenvalue weighted by atomic mass is 9.98. The Kier molecular flexibility index (Phi) is 6.00. The molecule has 34 heavy (non-hydrogen) atoms. The predicted octanol–water partition coefficient (Wildman–Crippen LogP) is 2.67. The Bertz CT molecular complexity index is 1060. The molecule has 2 bridgehead atoms. The minimum absolute atomic E-state index is 0.0526. The van der Waals surface area contributed by atoms with Gasteiger partial charge in [0.2, 0.25) is 5.91 Å². The van der Waals surface area contributed by atoms with Crippen molar-refractivity contribution in [2.45, 2.75) is 43.3 Å². The first-order valence-corrected chi connectivity index (χ1v) is 11.8. The van der Waals surface area contributed by atoms with Gasteiger partial charge in [0.05, 0.1) is 6.42 Å². The summed E-state index contributed by atoms with van der Waals surface area (Å²) in [6, 6.07) is 15.0. The number of alkyl carbamates (subject to hydrolysis) is 1. The summed E-state index contributed by atoms with van der Waals surface area (Å²) in [5.74, 6) is -1.59. The zero-order chi connectivity index (χ0) is 23.8. The van der Waals surface area contributed by atoms with Gasteiger partial charge in [-0.25, -0.2) is 4.79 Å². The van der Waals surface area contributed by atoms with Crippen LogP contribution in [-0.2, 0) is 14.3 Å². The van der Waals surface area contributed by atoms with Crippen molar-refractivity contribution in [1.82, 2.24) is 15.1 Å². The molecular weight excluding hydrogens is 434 g/mol. The van der Waals surface area contributed by atoms with Crippen LogP contribution in [0.1, 0.15) is 36.3 Å². The van der Waals surface area contributed by atoms with Crippen LogP contribution >= 0.6 is 0 Å². The van der Waals surface area contributed by atoms with Crippen molar-refractivity contribution in [3.05, 3.63) is 59.7 Å². The molecule has 5 rings (SSSR count). The number of likely N-dealkylation sites (tertiary alicyclic amines) is 1. The van der Waals surface area contributed by atoms with Crippen molar-refractivity contribution < 1.29 is 24.2 Å². The van der Waals surface area contributed by atoms with Crippen LogP contribution in [0, 0.1) is 0 Å². The number of rotatable bonds is 6. The Morgan fingerprint density at radius 1 is 1.00 bits per heavy atom. The van der Waals surface area contributed by atoms with Gasteiger partial charge in [0, 0.05) is 31.1 Å². The van der Waals surface area contributed by atoms with Crippen LogP contribution in [-0.4, -0.2) is 77.7 Å². The van der Waals surface area contributed by atoms with Gasteiger partial charge in [0.25, 0.3) is 0 Å². The molecule has 0 saturated carbocycles. The minimum atomic E-state index is -1.15. The number of ether oxygens (including phenoxy) is 1. The van der Waals surface area contributed by atoms with Crippen molar-refractivity contribution in [1.29, 1.82) is 0 Å². The van der Waals surface area contributed by atoms with Gasteiger partial charge >= 0.3 is 12.1 Å². The average Bonchev–Trinajstić information content (AvgIpc) is 3.28. The van der Waals surface area contributed by atoms with E-state index < -0.39 is 24.5 Å². The predicted molar refractivity (Wildman–Crippen MR) is 125 cm³/mol. The van der Waals surface area contributed by atoms with Gasteiger partial charge in [-0.1, -0.05) is 48.5 Å². The third kappa shape index (κ3) is 4.14. The Morgan fingerprint density at radius 3 is 2.12 bits per heavy atom. The normalized spacial score (nSPS) is 22.1. The number of carboxylic acid groups (broad SMARTS) is 1. The summed E-state index contributed by atoms with van der Waals surface area (Å²) < 4.78 is 5.55. The fraction of sp³-hybridized carbons (Fsp3) is 0.423. The van der Waals surface area contributed by atoms with E-state index in [0.29, 0.717) is 0 Å². The van der Waals surface area contributed by atoms with Crippen LogP contribution in [0.25, 0.3) is 11.1 Å². The first-order chi connectivity index (χ1) is 16.4. The molecule has 8 nitrogen and oxygen atoms in total. The molecule has 0 radical (unpaired) electrons. The molecule has 8 heteroatoms. The van der Waals surface area contributed by atoms with Gasteiger partial charge in [-0.2, -0.15) is 0 Å². The highest BCUT2D eigenvalue weighted by Crippen LogP contribution is 2.44. The average molecular weight is 464 g/mol. The fourth-order valence-corrected chi connectivity index (χ4v) is 5.81. The second-order valence-corrected chi connectivity index (χ2v) is 9.47. The number of nitrogens with one attached hydrogen (secondary N) is 1. The molecule has 2 saturated heterocycles. The zero-order valence-electron chi connectivity index (χ0n) is 19.1. The first-order valence-electron chi connectivity index (χ1n) is 11.8. The number of fused-ring (bicyclic) bond motifs is 5. The van der Waals surface area contributed by atoms with E-state index in [4.69, 9.17) is 4.74 Å². The number of benzene rings is 2. The molecule has 0 aromatic heterocycles. The summed E-state index contributed by atoms with van der Waals surface area (Å²) in [7, 11) is 2.02. The lowest BCUT2D eigenvalue weighted by Gasteiger charge is -2.41. The van der Waals surface area contributed by atoms with E-state index >= 15 is 0 Å². The van der Waals surface area contributed by atoms with E-state index in [1.54, 1.807) is 4.90 Å². The minimum Gasteiger partial charge on any atom is -0.481 e. The van der Waals surface area contributed by atoms with E-state index in [1.165, 1.54) is 0 Å². The van der Waals surface area contributed by atoms with Crippen LogP contribution < -0.4 is 5.32 Å².